The Hall–Kier alpha value is -6.69. The van der Waals surface area contributed by atoms with E-state index in [1.165, 1.54) is 66.4 Å². The minimum absolute atomic E-state index is 0.0929. The Morgan fingerprint density at radius 3 is 2.05 bits per heavy atom. The van der Waals surface area contributed by atoms with E-state index in [1.807, 2.05) is 6.07 Å². The second-order valence-electron chi connectivity index (χ2n) is 15.6. The van der Waals surface area contributed by atoms with Crippen LogP contribution in [0.4, 0.5) is 0 Å². The summed E-state index contributed by atoms with van der Waals surface area (Å²) in [4.78, 5) is 7.96. The highest BCUT2D eigenvalue weighted by atomic mass is 15.2. The first-order chi connectivity index (χ1) is 27.0. The van der Waals surface area contributed by atoms with Crippen LogP contribution in [0.2, 0.25) is 0 Å². The normalized spacial score (nSPS) is 21.2. The SMILES string of the molecule is CN1C(c2ccc(-c3ccccc3)cc2)=CC(C2=CC3C(C)(C=C2)c2ccc#cc2C32c3ccccc3-c3ccccc32)=NC1c1ccc2ccccc2c1. The van der Waals surface area contributed by atoms with E-state index in [0.29, 0.717) is 0 Å². The smallest absolute Gasteiger partial charge is 0.147 e. The lowest BCUT2D eigenvalue weighted by atomic mass is 9.61. The van der Waals surface area contributed by atoms with E-state index in [0.717, 1.165) is 17.0 Å². The van der Waals surface area contributed by atoms with Crippen LogP contribution in [0, 0.1) is 18.1 Å². The molecule has 2 heteroatoms. The van der Waals surface area contributed by atoms with Gasteiger partial charge in [-0.15, -0.1) is 0 Å². The van der Waals surface area contributed by atoms with E-state index >= 15 is 0 Å². The van der Waals surface area contributed by atoms with Crippen molar-refractivity contribution in [3.63, 3.8) is 0 Å². The van der Waals surface area contributed by atoms with E-state index in [-0.39, 0.29) is 17.5 Å². The first-order valence-electron chi connectivity index (χ1n) is 19.2. The molecular weight excluding hydrogens is 665 g/mol. The summed E-state index contributed by atoms with van der Waals surface area (Å²) >= 11 is 0. The van der Waals surface area contributed by atoms with Gasteiger partial charge in [0.2, 0.25) is 0 Å². The molecule has 7 aromatic rings. The van der Waals surface area contributed by atoms with Gasteiger partial charge in [0.15, 0.2) is 0 Å². The second kappa shape index (κ2) is 11.9. The maximum absolute atomic E-state index is 5.63. The van der Waals surface area contributed by atoms with Crippen molar-refractivity contribution in [1.82, 2.24) is 4.90 Å². The Balaban J connectivity index is 1.10. The summed E-state index contributed by atoms with van der Waals surface area (Å²) in [5.41, 5.74) is 15.3. The Kier molecular flexibility index (Phi) is 6.88. The predicted molar refractivity (Wildman–Crippen MR) is 226 cm³/mol. The molecule has 3 unspecified atom stereocenters. The van der Waals surface area contributed by atoms with E-state index < -0.39 is 5.41 Å². The maximum atomic E-state index is 5.63. The third-order valence-electron chi connectivity index (χ3n) is 12.8. The first-order valence-corrected chi connectivity index (χ1v) is 19.2. The molecule has 0 fully saturated rings. The van der Waals surface area contributed by atoms with Crippen molar-refractivity contribution in [2.75, 3.05) is 7.05 Å². The average molecular weight is 703 g/mol. The van der Waals surface area contributed by atoms with Gasteiger partial charge in [-0.2, -0.15) is 0 Å². The van der Waals surface area contributed by atoms with Gasteiger partial charge in [0, 0.05) is 29.6 Å². The number of allylic oxidation sites excluding steroid dienone is 5. The van der Waals surface area contributed by atoms with Gasteiger partial charge in [0.05, 0.1) is 11.1 Å². The molecule has 3 atom stereocenters. The molecule has 55 heavy (non-hydrogen) atoms. The fourth-order valence-electron chi connectivity index (χ4n) is 10.1. The van der Waals surface area contributed by atoms with Crippen molar-refractivity contribution in [2.24, 2.45) is 10.9 Å². The largest absolute Gasteiger partial charge is 0.349 e. The van der Waals surface area contributed by atoms with Gasteiger partial charge in [-0.25, -0.2) is 0 Å². The van der Waals surface area contributed by atoms with Crippen molar-refractivity contribution >= 4 is 22.2 Å². The van der Waals surface area contributed by atoms with Gasteiger partial charge in [-0.3, -0.25) is 4.99 Å². The summed E-state index contributed by atoms with van der Waals surface area (Å²) in [6.45, 7) is 2.41. The van der Waals surface area contributed by atoms with Crippen LogP contribution in [-0.4, -0.2) is 17.7 Å². The number of benzene rings is 6. The van der Waals surface area contributed by atoms with Gasteiger partial charge >= 0.3 is 0 Å². The Bertz CT molecular complexity index is 2760. The molecule has 0 saturated carbocycles. The van der Waals surface area contributed by atoms with Crippen LogP contribution in [-0.2, 0) is 10.8 Å². The van der Waals surface area contributed by atoms with Crippen LogP contribution in [0.1, 0.15) is 46.5 Å². The molecule has 11 rings (SSSR count). The molecule has 3 aliphatic carbocycles. The molecule has 0 bridgehead atoms. The molecule has 1 aliphatic heterocycles. The summed E-state index contributed by atoms with van der Waals surface area (Å²) in [5, 5.41) is 2.45. The quantitative estimate of drug-likeness (QED) is 0.178. The highest BCUT2D eigenvalue weighted by Gasteiger charge is 2.62. The van der Waals surface area contributed by atoms with Crippen molar-refractivity contribution in [3.05, 3.63) is 233 Å². The summed E-state index contributed by atoms with van der Waals surface area (Å²) in [6, 6.07) is 64.4. The summed E-state index contributed by atoms with van der Waals surface area (Å²) < 4.78 is 0. The van der Waals surface area contributed by atoms with Crippen LogP contribution in [0.15, 0.2) is 193 Å². The molecule has 2 nitrogen and oxygen atoms in total. The van der Waals surface area contributed by atoms with Crippen molar-refractivity contribution in [2.45, 2.75) is 23.9 Å². The molecule has 1 heterocycles. The highest BCUT2D eigenvalue weighted by Crippen LogP contribution is 2.67. The fourth-order valence-corrected chi connectivity index (χ4v) is 10.1. The maximum Gasteiger partial charge on any atom is 0.147 e. The van der Waals surface area contributed by atoms with Crippen molar-refractivity contribution in [1.29, 1.82) is 0 Å². The Labute approximate surface area is 323 Å². The average Bonchev–Trinajstić information content (AvgIpc) is 3.67. The zero-order valence-electron chi connectivity index (χ0n) is 30.9. The predicted octanol–water partition coefficient (Wildman–Crippen LogP) is 11.9. The van der Waals surface area contributed by atoms with Gasteiger partial charge in [-0.1, -0.05) is 177 Å². The van der Waals surface area contributed by atoms with Gasteiger partial charge in [0.25, 0.3) is 0 Å². The number of hydrogen-bond acceptors (Lipinski definition) is 2. The molecule has 260 valence electrons. The fraction of sp³-hybridized carbons (Fsp3) is 0.113. The lowest BCUT2D eigenvalue weighted by Gasteiger charge is -2.41. The standard InChI is InChI=1S/C53H38N2/c1-52-31-30-40(33-50(52)53(47-23-13-12-22-46(47)52)44-20-10-8-18-42(44)43-19-9-11-21-45(43)53)48-34-49(38-27-24-37(25-28-38)35-14-4-3-5-15-35)55(2)51(54-48)41-29-26-36-16-6-7-17-39(36)32-41/h3-12,14-22,24-34,50-51H,1-2H3. The zero-order chi connectivity index (χ0) is 36.7. The van der Waals surface area contributed by atoms with Gasteiger partial charge < -0.3 is 4.90 Å². The minimum Gasteiger partial charge on any atom is -0.349 e. The number of hydrogen-bond donors (Lipinski definition) is 0. The van der Waals surface area contributed by atoms with E-state index in [2.05, 4.69) is 207 Å². The third-order valence-corrected chi connectivity index (χ3v) is 12.8. The molecule has 4 aliphatic rings. The molecule has 1 spiro atoms. The molecule has 0 amide bonds. The van der Waals surface area contributed by atoms with Crippen molar-refractivity contribution in [3.8, 4) is 22.3 Å². The van der Waals surface area contributed by atoms with E-state index in [1.54, 1.807) is 0 Å². The Morgan fingerprint density at radius 2 is 1.29 bits per heavy atom. The minimum atomic E-state index is -0.408. The third kappa shape index (κ3) is 4.54. The topological polar surface area (TPSA) is 15.6 Å². The van der Waals surface area contributed by atoms with Gasteiger partial charge in [-0.05, 0) is 90.7 Å². The lowest BCUT2D eigenvalue weighted by molar-refractivity contribution is 0.363. The van der Waals surface area contributed by atoms with Crippen LogP contribution in [0.3, 0.4) is 0 Å². The van der Waals surface area contributed by atoms with E-state index in [9.17, 15) is 0 Å². The number of fused-ring (bicyclic) bond motifs is 11. The molecule has 0 N–H and O–H groups in total. The lowest BCUT2D eigenvalue weighted by Crippen LogP contribution is -2.40. The number of nitrogens with zero attached hydrogens (tertiary/aromatic N) is 2. The molecule has 0 saturated heterocycles. The summed E-state index contributed by atoms with van der Waals surface area (Å²) in [7, 11) is 2.18. The van der Waals surface area contributed by atoms with Crippen LogP contribution < -0.4 is 0 Å². The number of rotatable bonds is 4. The molecular formula is C53H38N2. The van der Waals surface area contributed by atoms with Gasteiger partial charge in [0.1, 0.15) is 6.17 Å². The van der Waals surface area contributed by atoms with Crippen LogP contribution in [0.25, 0.3) is 38.7 Å². The summed E-state index contributed by atoms with van der Waals surface area (Å²) in [5.74, 6) is 0.0929. The summed E-state index contributed by atoms with van der Waals surface area (Å²) in [6.07, 6.45) is 9.42. The molecule has 0 aromatic heterocycles. The number of aliphatic imine (C=N–C) groups is 1. The highest BCUT2D eigenvalue weighted by molar-refractivity contribution is 6.15. The van der Waals surface area contributed by atoms with Crippen LogP contribution >= 0.6 is 0 Å². The monoisotopic (exact) mass is 702 g/mol. The Morgan fingerprint density at radius 1 is 0.636 bits per heavy atom. The van der Waals surface area contributed by atoms with Crippen molar-refractivity contribution < 1.29 is 0 Å². The molecule has 7 aromatic carbocycles. The zero-order valence-corrected chi connectivity index (χ0v) is 30.9. The molecule has 0 radical (unpaired) electrons. The van der Waals surface area contributed by atoms with Crippen LogP contribution in [0.5, 0.6) is 0 Å². The van der Waals surface area contributed by atoms with E-state index in [4.69, 9.17) is 4.99 Å². The second-order valence-corrected chi connectivity index (χ2v) is 15.6. The first kappa shape index (κ1) is 31.8.